The van der Waals surface area contributed by atoms with Crippen LogP contribution in [-0.2, 0) is 16.6 Å². The molecule has 1 atom stereocenters. The van der Waals surface area contributed by atoms with Gasteiger partial charge in [0.15, 0.2) is 0 Å². The number of hydrogen-bond acceptors (Lipinski definition) is 5. The van der Waals surface area contributed by atoms with Crippen LogP contribution in [0, 0.1) is 12.8 Å². The van der Waals surface area contributed by atoms with Crippen LogP contribution in [0.3, 0.4) is 0 Å². The molecule has 120 valence electrons. The maximum Gasteiger partial charge on any atom is 0.244 e. The zero-order valence-corrected chi connectivity index (χ0v) is 14.9. The van der Waals surface area contributed by atoms with E-state index in [0.29, 0.717) is 23.9 Å². The molecule has 1 aromatic rings. The highest BCUT2D eigenvalue weighted by Gasteiger charge is 2.30. The largest absolute Gasteiger partial charge is 0.315 e. The molecule has 2 rings (SSSR count). The van der Waals surface area contributed by atoms with Gasteiger partial charge in [-0.25, -0.2) is 12.7 Å². The minimum Gasteiger partial charge on any atom is -0.315 e. The van der Waals surface area contributed by atoms with Crippen molar-refractivity contribution in [2.75, 3.05) is 40.8 Å². The molecule has 1 aliphatic heterocycles. The number of nitrogens with one attached hydrogen (secondary N) is 1. The van der Waals surface area contributed by atoms with Crippen LogP contribution in [0.4, 0.5) is 0 Å². The van der Waals surface area contributed by atoms with Gasteiger partial charge in [0.05, 0.1) is 0 Å². The fourth-order valence-electron chi connectivity index (χ4n) is 2.91. The summed E-state index contributed by atoms with van der Waals surface area (Å²) in [5, 5.41) is 4.98. The quantitative estimate of drug-likeness (QED) is 0.855. The molecule has 0 bridgehead atoms. The van der Waals surface area contributed by atoms with Gasteiger partial charge in [-0.05, 0) is 50.8 Å². The molecule has 1 unspecified atom stereocenters. The van der Waals surface area contributed by atoms with E-state index in [0.717, 1.165) is 30.0 Å². The lowest BCUT2D eigenvalue weighted by Crippen LogP contribution is -2.33. The van der Waals surface area contributed by atoms with Crippen molar-refractivity contribution in [2.45, 2.75) is 24.8 Å². The first-order chi connectivity index (χ1) is 9.86. The van der Waals surface area contributed by atoms with Crippen molar-refractivity contribution in [3.05, 3.63) is 15.8 Å². The summed E-state index contributed by atoms with van der Waals surface area (Å²) in [6, 6.07) is 0. The van der Waals surface area contributed by atoms with Gasteiger partial charge in [0.1, 0.15) is 4.90 Å². The van der Waals surface area contributed by atoms with Crippen LogP contribution in [0.15, 0.2) is 10.3 Å². The topological polar surface area (TPSA) is 52.7 Å². The summed E-state index contributed by atoms with van der Waals surface area (Å²) in [6.07, 6.45) is 1.07. The molecule has 0 aliphatic carbocycles. The maximum atomic E-state index is 12.9. The second-order valence-electron chi connectivity index (χ2n) is 5.90. The average molecular weight is 332 g/mol. The standard InChI is InChI=1S/C14H25N3O2S2/c1-11-10-20-13(7-15-2)14(11)21(18,19)17(4)9-12-5-6-16(3)8-12/h10,12,15H,5-9H2,1-4H3. The third-order valence-corrected chi connectivity index (χ3v) is 7.29. The molecule has 1 aliphatic rings. The highest BCUT2D eigenvalue weighted by atomic mass is 32.2. The maximum absolute atomic E-state index is 12.9. The Kier molecular flexibility index (Phi) is 5.43. The van der Waals surface area contributed by atoms with Crippen molar-refractivity contribution >= 4 is 21.4 Å². The normalized spacial score (nSPS) is 20.5. The Labute approximate surface area is 132 Å². The van der Waals surface area contributed by atoms with Gasteiger partial charge in [0.25, 0.3) is 0 Å². The lowest BCUT2D eigenvalue weighted by atomic mass is 10.1. The van der Waals surface area contributed by atoms with Gasteiger partial charge in [-0.15, -0.1) is 11.3 Å². The predicted octanol–water partition coefficient (Wildman–Crippen LogP) is 1.35. The number of thiophene rings is 1. The summed E-state index contributed by atoms with van der Waals surface area (Å²) in [5.74, 6) is 0.432. The molecule has 21 heavy (non-hydrogen) atoms. The van der Waals surface area contributed by atoms with Gasteiger partial charge in [0, 0.05) is 31.6 Å². The summed E-state index contributed by atoms with van der Waals surface area (Å²) in [4.78, 5) is 3.65. The Hall–Kier alpha value is -0.470. The van der Waals surface area contributed by atoms with E-state index in [1.807, 2.05) is 19.4 Å². The third-order valence-electron chi connectivity index (χ3n) is 4.00. The minimum absolute atomic E-state index is 0.432. The van der Waals surface area contributed by atoms with Crippen molar-refractivity contribution in [1.82, 2.24) is 14.5 Å². The fourth-order valence-corrected chi connectivity index (χ4v) is 5.92. The minimum atomic E-state index is -3.40. The number of rotatable bonds is 6. The van der Waals surface area contributed by atoms with Crippen LogP contribution >= 0.6 is 11.3 Å². The third kappa shape index (κ3) is 3.65. The van der Waals surface area contributed by atoms with Crippen molar-refractivity contribution in [2.24, 2.45) is 5.92 Å². The number of nitrogens with zero attached hydrogens (tertiary/aromatic N) is 2. The zero-order chi connectivity index (χ0) is 15.6. The number of likely N-dealkylation sites (tertiary alicyclic amines) is 1. The van der Waals surface area contributed by atoms with Crippen LogP contribution in [-0.4, -0.2) is 58.4 Å². The summed E-state index contributed by atoms with van der Waals surface area (Å²) in [6.45, 7) is 5.10. The number of hydrogen-bond donors (Lipinski definition) is 1. The molecule has 2 heterocycles. The van der Waals surface area contributed by atoms with Crippen LogP contribution in [0.25, 0.3) is 0 Å². The Bertz CT molecular complexity index is 583. The van der Waals surface area contributed by atoms with Gasteiger partial charge in [0.2, 0.25) is 10.0 Å². The first-order valence-corrected chi connectivity index (χ1v) is 9.54. The van der Waals surface area contributed by atoms with Gasteiger partial charge in [-0.2, -0.15) is 0 Å². The van der Waals surface area contributed by atoms with Gasteiger partial charge < -0.3 is 10.2 Å². The smallest absolute Gasteiger partial charge is 0.244 e. The molecule has 0 aromatic carbocycles. The molecule has 1 N–H and O–H groups in total. The van der Waals surface area contributed by atoms with E-state index in [9.17, 15) is 8.42 Å². The first kappa shape index (κ1) is 16.9. The molecule has 7 heteroatoms. The fraction of sp³-hybridized carbons (Fsp3) is 0.714. The van der Waals surface area contributed by atoms with E-state index in [1.54, 1.807) is 7.05 Å². The van der Waals surface area contributed by atoms with Crippen molar-refractivity contribution in [3.8, 4) is 0 Å². The lowest BCUT2D eigenvalue weighted by Gasteiger charge is -2.21. The Morgan fingerprint density at radius 1 is 1.52 bits per heavy atom. The van der Waals surface area contributed by atoms with Crippen molar-refractivity contribution in [3.63, 3.8) is 0 Å². The Morgan fingerprint density at radius 2 is 2.24 bits per heavy atom. The monoisotopic (exact) mass is 331 g/mol. The molecule has 0 radical (unpaired) electrons. The molecule has 1 aromatic heterocycles. The van der Waals surface area contributed by atoms with E-state index in [1.165, 1.54) is 15.6 Å². The molecule has 5 nitrogen and oxygen atoms in total. The van der Waals surface area contributed by atoms with Crippen molar-refractivity contribution in [1.29, 1.82) is 0 Å². The van der Waals surface area contributed by atoms with Crippen LogP contribution < -0.4 is 5.32 Å². The highest BCUT2D eigenvalue weighted by Crippen LogP contribution is 2.30. The van der Waals surface area contributed by atoms with Crippen LogP contribution in [0.5, 0.6) is 0 Å². The molecule has 1 fully saturated rings. The van der Waals surface area contributed by atoms with E-state index in [2.05, 4.69) is 17.3 Å². The summed E-state index contributed by atoms with van der Waals surface area (Å²) < 4.78 is 27.3. The van der Waals surface area contributed by atoms with E-state index < -0.39 is 10.0 Å². The number of sulfonamides is 1. The lowest BCUT2D eigenvalue weighted by molar-refractivity contribution is 0.356. The molecule has 0 spiro atoms. The van der Waals surface area contributed by atoms with Crippen LogP contribution in [0.2, 0.25) is 0 Å². The van der Waals surface area contributed by atoms with Gasteiger partial charge in [-0.1, -0.05) is 0 Å². The second-order valence-corrected chi connectivity index (χ2v) is 8.85. The second kappa shape index (κ2) is 6.75. The summed E-state index contributed by atoms with van der Waals surface area (Å²) >= 11 is 1.51. The van der Waals surface area contributed by atoms with Gasteiger partial charge in [-0.3, -0.25) is 0 Å². The summed E-state index contributed by atoms with van der Waals surface area (Å²) in [5.41, 5.74) is 0.848. The summed E-state index contributed by atoms with van der Waals surface area (Å²) in [7, 11) is 2.23. The predicted molar refractivity (Wildman–Crippen MR) is 87.2 cm³/mol. The van der Waals surface area contributed by atoms with E-state index in [-0.39, 0.29) is 0 Å². The van der Waals surface area contributed by atoms with Gasteiger partial charge >= 0.3 is 0 Å². The first-order valence-electron chi connectivity index (χ1n) is 7.22. The molecular formula is C14H25N3O2S2. The zero-order valence-electron chi connectivity index (χ0n) is 13.2. The van der Waals surface area contributed by atoms with Crippen LogP contribution in [0.1, 0.15) is 16.9 Å². The van der Waals surface area contributed by atoms with E-state index in [4.69, 9.17) is 0 Å². The average Bonchev–Trinajstić information content (AvgIpc) is 2.97. The SMILES string of the molecule is CNCc1scc(C)c1S(=O)(=O)N(C)CC1CCN(C)C1. The highest BCUT2D eigenvalue weighted by molar-refractivity contribution is 7.89. The molecule has 0 saturated carbocycles. The molecule has 1 saturated heterocycles. The Balaban J connectivity index is 2.19. The molecular weight excluding hydrogens is 306 g/mol. The Morgan fingerprint density at radius 3 is 2.81 bits per heavy atom. The van der Waals surface area contributed by atoms with E-state index >= 15 is 0 Å². The van der Waals surface area contributed by atoms with Crippen molar-refractivity contribution < 1.29 is 8.42 Å². The number of aryl methyl sites for hydroxylation is 1. The molecule has 0 amide bonds.